The fourth-order valence-electron chi connectivity index (χ4n) is 3.05. The maximum absolute atomic E-state index is 12.6. The Morgan fingerprint density at radius 2 is 1.64 bits per heavy atom. The number of nitrogens with one attached hydrogen (secondary N) is 1. The van der Waals surface area contributed by atoms with Crippen LogP contribution in [0.1, 0.15) is 22.3 Å². The van der Waals surface area contributed by atoms with Gasteiger partial charge in [0.15, 0.2) is 0 Å². The maximum atomic E-state index is 12.6. The largest absolute Gasteiger partial charge is 0.324 e. The standard InChI is InChI=1S/C19H23N3O5S/c1-12-8-14(3)19(15(4)9-12)20-18(23)11-21(28(5,26)27)17-10-16(22(24)25)7-6-13(17)2/h6-10H,11H2,1-5H3,(H,20,23). The third kappa shape index (κ3) is 4.86. The first-order chi connectivity index (χ1) is 12.9. The predicted molar refractivity (Wildman–Crippen MR) is 109 cm³/mol. The molecule has 2 rings (SSSR count). The number of hydrogen-bond donors (Lipinski definition) is 1. The highest BCUT2D eigenvalue weighted by atomic mass is 32.2. The highest BCUT2D eigenvalue weighted by molar-refractivity contribution is 7.92. The zero-order chi connectivity index (χ0) is 21.2. The zero-order valence-corrected chi connectivity index (χ0v) is 17.3. The summed E-state index contributed by atoms with van der Waals surface area (Å²) in [4.78, 5) is 23.1. The zero-order valence-electron chi connectivity index (χ0n) is 16.4. The van der Waals surface area contributed by atoms with E-state index in [1.165, 1.54) is 12.1 Å². The van der Waals surface area contributed by atoms with E-state index < -0.39 is 27.4 Å². The average Bonchev–Trinajstić information content (AvgIpc) is 2.55. The summed E-state index contributed by atoms with van der Waals surface area (Å²) < 4.78 is 25.5. The van der Waals surface area contributed by atoms with Crippen molar-refractivity contribution in [1.82, 2.24) is 0 Å². The Morgan fingerprint density at radius 3 is 2.14 bits per heavy atom. The SMILES string of the molecule is Cc1cc(C)c(NC(=O)CN(c2cc([N+](=O)[O-])ccc2C)S(C)(=O)=O)c(C)c1. The topological polar surface area (TPSA) is 110 Å². The molecule has 150 valence electrons. The van der Waals surface area contributed by atoms with Crippen molar-refractivity contribution < 1.29 is 18.1 Å². The van der Waals surface area contributed by atoms with Gasteiger partial charge >= 0.3 is 0 Å². The Labute approximate surface area is 164 Å². The third-order valence-electron chi connectivity index (χ3n) is 4.30. The van der Waals surface area contributed by atoms with Crippen LogP contribution in [0.2, 0.25) is 0 Å². The summed E-state index contributed by atoms with van der Waals surface area (Å²) in [5.74, 6) is -0.536. The molecule has 0 unspecified atom stereocenters. The van der Waals surface area contributed by atoms with Gasteiger partial charge in [-0.05, 0) is 44.4 Å². The molecule has 2 aromatic carbocycles. The molecule has 0 heterocycles. The lowest BCUT2D eigenvalue weighted by Crippen LogP contribution is -2.38. The molecule has 0 aliphatic heterocycles. The molecule has 0 saturated heterocycles. The lowest BCUT2D eigenvalue weighted by Gasteiger charge is -2.24. The van der Waals surface area contributed by atoms with Crippen molar-refractivity contribution in [2.75, 3.05) is 22.4 Å². The number of sulfonamides is 1. The van der Waals surface area contributed by atoms with E-state index in [0.29, 0.717) is 11.3 Å². The van der Waals surface area contributed by atoms with Crippen molar-refractivity contribution in [1.29, 1.82) is 0 Å². The monoisotopic (exact) mass is 405 g/mol. The molecule has 0 aromatic heterocycles. The number of carbonyl (C=O) groups is 1. The molecule has 0 fully saturated rings. The summed E-state index contributed by atoms with van der Waals surface area (Å²) in [7, 11) is -3.85. The second-order valence-corrected chi connectivity index (χ2v) is 8.73. The molecule has 9 heteroatoms. The van der Waals surface area contributed by atoms with Crippen molar-refractivity contribution in [3.05, 3.63) is 62.7 Å². The summed E-state index contributed by atoms with van der Waals surface area (Å²) >= 11 is 0. The summed E-state index contributed by atoms with van der Waals surface area (Å²) in [6.45, 7) is 6.79. The molecule has 0 radical (unpaired) electrons. The van der Waals surface area contributed by atoms with E-state index in [-0.39, 0.29) is 11.4 Å². The summed E-state index contributed by atoms with van der Waals surface area (Å²) in [5.41, 5.74) is 3.76. The van der Waals surface area contributed by atoms with Gasteiger partial charge in [0.25, 0.3) is 5.69 Å². The Hall–Kier alpha value is -2.94. The minimum absolute atomic E-state index is 0.101. The minimum atomic E-state index is -3.85. The molecule has 0 saturated carbocycles. The molecule has 28 heavy (non-hydrogen) atoms. The first-order valence-electron chi connectivity index (χ1n) is 8.50. The van der Waals surface area contributed by atoms with Gasteiger partial charge in [-0.25, -0.2) is 8.42 Å². The van der Waals surface area contributed by atoms with Crippen LogP contribution in [0.4, 0.5) is 17.1 Å². The van der Waals surface area contributed by atoms with Gasteiger partial charge in [0.1, 0.15) is 6.54 Å². The molecule has 0 aliphatic carbocycles. The second-order valence-electron chi connectivity index (χ2n) is 6.82. The number of hydrogen-bond acceptors (Lipinski definition) is 5. The van der Waals surface area contributed by atoms with Gasteiger partial charge in [0.05, 0.1) is 16.9 Å². The van der Waals surface area contributed by atoms with E-state index >= 15 is 0 Å². The van der Waals surface area contributed by atoms with Crippen LogP contribution in [0.3, 0.4) is 0 Å². The van der Waals surface area contributed by atoms with Gasteiger partial charge in [0.2, 0.25) is 15.9 Å². The van der Waals surface area contributed by atoms with Gasteiger partial charge in [-0.1, -0.05) is 23.8 Å². The normalized spacial score (nSPS) is 11.2. The quantitative estimate of drug-likeness (QED) is 0.586. The number of carbonyl (C=O) groups excluding carboxylic acids is 1. The number of non-ortho nitro benzene ring substituents is 1. The van der Waals surface area contributed by atoms with Crippen molar-refractivity contribution in [2.45, 2.75) is 27.7 Å². The summed E-state index contributed by atoms with van der Waals surface area (Å²) in [6.07, 6.45) is 0.959. The lowest BCUT2D eigenvalue weighted by molar-refractivity contribution is -0.384. The van der Waals surface area contributed by atoms with Gasteiger partial charge in [0, 0.05) is 17.8 Å². The van der Waals surface area contributed by atoms with E-state index in [2.05, 4.69) is 5.32 Å². The fourth-order valence-corrected chi connectivity index (χ4v) is 3.95. The molecule has 1 amide bonds. The summed E-state index contributed by atoms with van der Waals surface area (Å²) in [5, 5.41) is 13.8. The van der Waals surface area contributed by atoms with E-state index in [4.69, 9.17) is 0 Å². The number of aryl methyl sites for hydroxylation is 4. The average molecular weight is 405 g/mol. The smallest absolute Gasteiger partial charge is 0.271 e. The second kappa shape index (κ2) is 7.97. The van der Waals surface area contributed by atoms with E-state index in [9.17, 15) is 23.3 Å². The highest BCUT2D eigenvalue weighted by Crippen LogP contribution is 2.28. The predicted octanol–water partition coefficient (Wildman–Crippen LogP) is 3.23. The van der Waals surface area contributed by atoms with Crippen molar-refractivity contribution >= 4 is 33.0 Å². The van der Waals surface area contributed by atoms with Crippen LogP contribution < -0.4 is 9.62 Å². The number of rotatable bonds is 6. The molecule has 1 N–H and O–H groups in total. The van der Waals surface area contributed by atoms with Gasteiger partial charge in [-0.2, -0.15) is 0 Å². The molecule has 0 bridgehead atoms. The number of nitro benzene ring substituents is 1. The van der Waals surface area contributed by atoms with Crippen LogP contribution in [-0.2, 0) is 14.8 Å². The van der Waals surface area contributed by atoms with Crippen molar-refractivity contribution in [2.24, 2.45) is 0 Å². The molecule has 0 spiro atoms. The Kier molecular flexibility index (Phi) is 6.08. The van der Waals surface area contributed by atoms with Crippen LogP contribution in [0.15, 0.2) is 30.3 Å². The number of benzene rings is 2. The first-order valence-corrected chi connectivity index (χ1v) is 10.4. The van der Waals surface area contributed by atoms with Gasteiger partial charge < -0.3 is 5.32 Å². The van der Waals surface area contributed by atoms with E-state index in [1.807, 2.05) is 32.9 Å². The molecular formula is C19H23N3O5S. The maximum Gasteiger partial charge on any atom is 0.271 e. The van der Waals surface area contributed by atoms with Gasteiger partial charge in [-0.3, -0.25) is 19.2 Å². The minimum Gasteiger partial charge on any atom is -0.324 e. The molecule has 0 aliphatic rings. The van der Waals surface area contributed by atoms with E-state index in [0.717, 1.165) is 33.3 Å². The van der Waals surface area contributed by atoms with Crippen molar-refractivity contribution in [3.8, 4) is 0 Å². The lowest BCUT2D eigenvalue weighted by atomic mass is 10.1. The molecule has 8 nitrogen and oxygen atoms in total. The van der Waals surface area contributed by atoms with Crippen LogP contribution in [0.25, 0.3) is 0 Å². The molecular weight excluding hydrogens is 382 g/mol. The van der Waals surface area contributed by atoms with Crippen molar-refractivity contribution in [3.63, 3.8) is 0 Å². The third-order valence-corrected chi connectivity index (χ3v) is 5.43. The number of nitrogens with zero attached hydrogens (tertiary/aromatic N) is 2. The molecule has 2 aromatic rings. The molecule has 0 atom stereocenters. The van der Waals surface area contributed by atoms with Crippen LogP contribution in [0, 0.1) is 37.8 Å². The number of amides is 1. The van der Waals surface area contributed by atoms with Crippen LogP contribution in [-0.4, -0.2) is 32.0 Å². The Bertz CT molecular complexity index is 1020. The van der Waals surface area contributed by atoms with Crippen LogP contribution >= 0.6 is 0 Å². The Balaban J connectivity index is 2.38. The Morgan fingerprint density at radius 1 is 1.07 bits per heavy atom. The van der Waals surface area contributed by atoms with E-state index in [1.54, 1.807) is 6.92 Å². The highest BCUT2D eigenvalue weighted by Gasteiger charge is 2.25. The summed E-state index contributed by atoms with van der Waals surface area (Å²) in [6, 6.07) is 7.74. The first kappa shape index (κ1) is 21.4. The van der Waals surface area contributed by atoms with Crippen LogP contribution in [0.5, 0.6) is 0 Å². The van der Waals surface area contributed by atoms with Gasteiger partial charge in [-0.15, -0.1) is 0 Å². The fraction of sp³-hybridized carbons (Fsp3) is 0.316. The number of nitro groups is 1. The number of anilines is 2.